The van der Waals surface area contributed by atoms with E-state index < -0.39 is 86.8 Å². The van der Waals surface area contributed by atoms with Crippen LogP contribution in [-0.4, -0.2) is 125 Å². The largest absolute Gasteiger partial charge is 0.462 e. The molecule has 0 aromatic rings. The topological polar surface area (TPSA) is 303 Å². The Kier molecular flexibility index (Phi) is 23.1. The fourth-order valence-electron chi connectivity index (χ4n) is 7.61. The van der Waals surface area contributed by atoms with Crippen molar-refractivity contribution in [2.45, 2.75) is 178 Å². The normalized spacial score (nSPS) is 27.4. The molecule has 1 spiro atoms. The van der Waals surface area contributed by atoms with Gasteiger partial charge in [0.1, 0.15) is 24.9 Å². The maximum atomic E-state index is 13.0. The van der Waals surface area contributed by atoms with E-state index in [4.69, 9.17) is 37.0 Å². The van der Waals surface area contributed by atoms with Crippen LogP contribution in [0.3, 0.4) is 0 Å². The molecule has 2 saturated heterocycles. The van der Waals surface area contributed by atoms with Crippen LogP contribution in [-0.2, 0) is 77.5 Å². The monoisotopic (exact) mass is 950 g/mol. The summed E-state index contributed by atoms with van der Waals surface area (Å²) in [5, 5.41) is 2.48. The molecular formula is C38H66N2O19S3. The lowest BCUT2D eigenvalue weighted by Crippen LogP contribution is -2.42. The summed E-state index contributed by atoms with van der Waals surface area (Å²) in [5.74, 6) is -2.67. The number of carbonyl (C=O) groups excluding carboxylic acids is 3. The van der Waals surface area contributed by atoms with Gasteiger partial charge in [-0.25, -0.2) is 8.37 Å². The minimum atomic E-state index is -4.99. The molecule has 8 atom stereocenters. The Labute approximate surface area is 365 Å². The van der Waals surface area contributed by atoms with Gasteiger partial charge < -0.3 is 29.0 Å². The van der Waals surface area contributed by atoms with Gasteiger partial charge in [0.05, 0.1) is 37.4 Å². The Hall–Kier alpha value is -2.36. The third kappa shape index (κ3) is 22.5. The molecule has 3 aliphatic heterocycles. The van der Waals surface area contributed by atoms with Crippen molar-refractivity contribution in [1.82, 2.24) is 10.0 Å². The molecule has 2 fully saturated rings. The predicted octanol–water partition coefficient (Wildman–Crippen LogP) is 3.84. The number of esters is 2. The molecular weight excluding hydrogens is 885 g/mol. The van der Waals surface area contributed by atoms with Gasteiger partial charge in [0.15, 0.2) is 5.79 Å². The second-order valence-corrected chi connectivity index (χ2v) is 19.4. The van der Waals surface area contributed by atoms with E-state index in [1.807, 2.05) is 13.8 Å². The molecule has 0 saturated carbocycles. The number of allylic oxidation sites excluding steroid dienone is 1. The highest BCUT2D eigenvalue weighted by atomic mass is 32.3. The average Bonchev–Trinajstić information content (AvgIpc) is 3.43. The Bertz CT molecular complexity index is 1760. The molecule has 0 aromatic heterocycles. The fourth-order valence-corrected chi connectivity index (χ4v) is 9.04. The van der Waals surface area contributed by atoms with Gasteiger partial charge in [-0.1, -0.05) is 64.9 Å². The fraction of sp³-hybridized carbons (Fsp3) is 0.868. The molecule has 360 valence electrons. The van der Waals surface area contributed by atoms with Crippen molar-refractivity contribution in [3.05, 3.63) is 12.2 Å². The minimum Gasteiger partial charge on any atom is -0.462 e. The highest BCUT2D eigenvalue weighted by molar-refractivity contribution is 7.83. The van der Waals surface area contributed by atoms with Crippen LogP contribution >= 0.6 is 0 Å². The number of carbonyl (C=O) groups is 3. The number of hydrogen-bond acceptors (Lipinski definition) is 16. The van der Waals surface area contributed by atoms with Gasteiger partial charge in [-0.15, -0.1) is 0 Å². The standard InChI is InChI=1S/C38H66N2O19S3/c1-3-28(2)37(43)55-30-23-34-32-18-12-5-4-6-14-20-35(41)39-25-36(42)56-31(17-11-7-9-15-21-38(24-30,57-32)58-34)33(59-62(50,51)52)19-13-8-10-16-22-53-26-29(40-60(44,45)46)27-54-61(47,48)49/h14,20,28-34,40H,3-13,15-19,21-27H2,1-2H3,(H,39,41)(H,44,45,46)(H,47,48,49)(H,50,51,52)/b20-14+/t28-,29-,30+,31+,32-,33-,34-,38+/m1/s1. The van der Waals surface area contributed by atoms with Crippen LogP contribution in [0, 0.1) is 5.92 Å². The molecule has 3 aliphatic rings. The van der Waals surface area contributed by atoms with Crippen LogP contribution in [0.1, 0.15) is 136 Å². The van der Waals surface area contributed by atoms with Crippen molar-refractivity contribution < 1.29 is 85.3 Å². The predicted molar refractivity (Wildman–Crippen MR) is 220 cm³/mol. The van der Waals surface area contributed by atoms with Crippen LogP contribution in [0.2, 0.25) is 0 Å². The molecule has 3 heterocycles. The van der Waals surface area contributed by atoms with Crippen molar-refractivity contribution in [3.63, 3.8) is 0 Å². The summed E-state index contributed by atoms with van der Waals surface area (Å²) in [6, 6.07) is -1.35. The molecule has 0 unspecified atom stereocenters. The van der Waals surface area contributed by atoms with E-state index in [1.54, 1.807) is 10.8 Å². The summed E-state index contributed by atoms with van der Waals surface area (Å²) in [5.41, 5.74) is 0. The Morgan fingerprint density at radius 2 is 1.60 bits per heavy atom. The molecule has 1 amide bonds. The minimum absolute atomic E-state index is 0.0450. The number of fused-ring (bicyclic) bond motifs is 3. The summed E-state index contributed by atoms with van der Waals surface area (Å²) in [6.45, 7) is 2.09. The Morgan fingerprint density at radius 1 is 0.903 bits per heavy atom. The number of ether oxygens (including phenoxy) is 5. The van der Waals surface area contributed by atoms with Crippen molar-refractivity contribution in [2.24, 2.45) is 5.92 Å². The Morgan fingerprint density at radius 3 is 2.31 bits per heavy atom. The van der Waals surface area contributed by atoms with E-state index in [0.717, 1.165) is 32.1 Å². The van der Waals surface area contributed by atoms with Crippen LogP contribution in [0.5, 0.6) is 0 Å². The first kappa shape index (κ1) is 54.0. The average molecular weight is 951 g/mol. The van der Waals surface area contributed by atoms with Crippen molar-refractivity contribution in [2.75, 3.05) is 26.4 Å². The molecule has 3 rings (SSSR count). The summed E-state index contributed by atoms with van der Waals surface area (Å²) in [6.07, 6.45) is 10.8. The van der Waals surface area contributed by atoms with E-state index >= 15 is 0 Å². The van der Waals surface area contributed by atoms with Gasteiger partial charge >= 0.3 is 43.0 Å². The SMILES string of the molecule is CC[C@@H](C)C(=O)O[C@H]1C[C@H]2O[C@@]3(CCCCCC[C@@H]([C@@H](CCCCCCOC[C@H](COS(=O)(=O)O)NS(=O)(=O)O)OS(=O)(=O)O)OC(=O)CNC(=O)/C=C/CCCCC[C@H]2O3)C1. The van der Waals surface area contributed by atoms with Crippen LogP contribution in [0.15, 0.2) is 12.2 Å². The first-order chi connectivity index (χ1) is 29.2. The quantitative estimate of drug-likeness (QED) is 0.0658. The zero-order valence-electron chi connectivity index (χ0n) is 35.6. The van der Waals surface area contributed by atoms with Gasteiger partial charge in [0.25, 0.3) is 0 Å². The summed E-state index contributed by atoms with van der Waals surface area (Å²) in [4.78, 5) is 38.1. The summed E-state index contributed by atoms with van der Waals surface area (Å²) < 4.78 is 136. The number of unbranched alkanes of at least 4 members (excludes halogenated alkanes) is 3. The van der Waals surface area contributed by atoms with Crippen LogP contribution in [0.25, 0.3) is 0 Å². The van der Waals surface area contributed by atoms with Crippen molar-refractivity contribution in [1.29, 1.82) is 0 Å². The van der Waals surface area contributed by atoms with E-state index in [1.165, 1.54) is 6.08 Å². The highest BCUT2D eigenvalue weighted by Gasteiger charge is 2.53. The molecule has 24 heteroatoms. The lowest BCUT2D eigenvalue weighted by atomic mass is 9.93. The lowest BCUT2D eigenvalue weighted by Gasteiger charge is -2.36. The molecule has 0 aliphatic carbocycles. The Balaban J connectivity index is 1.62. The van der Waals surface area contributed by atoms with Gasteiger partial charge in [-0.05, 0) is 63.9 Å². The van der Waals surface area contributed by atoms with E-state index in [9.17, 15) is 44.2 Å². The second-order valence-electron chi connectivity index (χ2n) is 16.1. The van der Waals surface area contributed by atoms with Crippen LogP contribution in [0.4, 0.5) is 0 Å². The molecule has 3 bridgehead atoms. The second kappa shape index (κ2) is 26.6. The maximum Gasteiger partial charge on any atom is 0.397 e. The van der Waals surface area contributed by atoms with E-state index in [-0.39, 0.29) is 49.6 Å². The molecule has 0 aromatic carbocycles. The first-order valence-corrected chi connectivity index (χ1v) is 25.6. The number of amides is 1. The highest BCUT2D eigenvalue weighted by Crippen LogP contribution is 2.45. The third-order valence-corrected chi connectivity index (χ3v) is 12.4. The zero-order chi connectivity index (χ0) is 45.8. The van der Waals surface area contributed by atoms with E-state index in [0.29, 0.717) is 77.0 Å². The van der Waals surface area contributed by atoms with E-state index in [2.05, 4.69) is 9.50 Å². The molecule has 62 heavy (non-hydrogen) atoms. The zero-order valence-corrected chi connectivity index (χ0v) is 38.0. The number of nitrogens with one attached hydrogen (secondary N) is 2. The lowest BCUT2D eigenvalue weighted by molar-refractivity contribution is -0.224. The third-order valence-electron chi connectivity index (χ3n) is 10.8. The van der Waals surface area contributed by atoms with Gasteiger partial charge in [-0.3, -0.25) is 28.0 Å². The summed E-state index contributed by atoms with van der Waals surface area (Å²) in [7, 11) is -14.6. The van der Waals surface area contributed by atoms with Gasteiger partial charge in [-0.2, -0.15) is 30.0 Å². The van der Waals surface area contributed by atoms with Gasteiger partial charge in [0, 0.05) is 25.9 Å². The van der Waals surface area contributed by atoms with Gasteiger partial charge in [0.2, 0.25) is 5.91 Å². The first-order valence-electron chi connectivity index (χ1n) is 21.5. The molecule has 21 nitrogen and oxygen atoms in total. The summed E-state index contributed by atoms with van der Waals surface area (Å²) >= 11 is 0. The smallest absolute Gasteiger partial charge is 0.397 e. The van der Waals surface area contributed by atoms with Crippen molar-refractivity contribution in [3.8, 4) is 0 Å². The van der Waals surface area contributed by atoms with Crippen molar-refractivity contribution >= 4 is 48.9 Å². The molecule has 0 radical (unpaired) electrons. The molecule has 5 N–H and O–H groups in total. The number of rotatable bonds is 20. The van der Waals surface area contributed by atoms with Crippen LogP contribution < -0.4 is 10.0 Å². The number of hydrogen-bond donors (Lipinski definition) is 5. The number of cyclic esters (lactones) is 1. The maximum absolute atomic E-state index is 13.0.